The lowest BCUT2D eigenvalue weighted by Gasteiger charge is -2.09. The first-order chi connectivity index (χ1) is 7.83. The zero-order valence-electron chi connectivity index (χ0n) is 9.28. The minimum Gasteiger partial charge on any atom is -0.328 e. The van der Waals surface area contributed by atoms with E-state index >= 15 is 0 Å². The Morgan fingerprint density at radius 1 is 1.41 bits per heavy atom. The van der Waals surface area contributed by atoms with Gasteiger partial charge < -0.3 is 5.73 Å². The van der Waals surface area contributed by atoms with Crippen molar-refractivity contribution >= 4 is 10.0 Å². The summed E-state index contributed by atoms with van der Waals surface area (Å²) in [4.78, 5) is -0.566. The van der Waals surface area contributed by atoms with Gasteiger partial charge in [0.05, 0.1) is 0 Å². The van der Waals surface area contributed by atoms with Crippen LogP contribution in [0.2, 0.25) is 0 Å². The van der Waals surface area contributed by atoms with E-state index < -0.39 is 26.6 Å². The molecule has 0 fully saturated rings. The highest BCUT2D eigenvalue weighted by Crippen LogP contribution is 2.15. The number of hydrogen-bond acceptors (Lipinski definition) is 3. The molecule has 0 aliphatic heterocycles. The molecule has 0 radical (unpaired) electrons. The molecule has 0 bridgehead atoms. The van der Waals surface area contributed by atoms with Crippen molar-refractivity contribution in [1.29, 1.82) is 0 Å². The summed E-state index contributed by atoms with van der Waals surface area (Å²) in [5.74, 6) is -1.93. The van der Waals surface area contributed by atoms with Crippen molar-refractivity contribution in [3.8, 4) is 0 Å². The molecule has 0 aliphatic rings. The molecule has 1 unspecified atom stereocenters. The van der Waals surface area contributed by atoms with E-state index in [1.54, 1.807) is 6.92 Å². The van der Waals surface area contributed by atoms with Gasteiger partial charge in [0.15, 0.2) is 0 Å². The summed E-state index contributed by atoms with van der Waals surface area (Å²) in [6, 6.07) is 2.15. The largest absolute Gasteiger partial charge is 0.328 e. The van der Waals surface area contributed by atoms with E-state index in [0.29, 0.717) is 12.5 Å². The standard InChI is InChI=1S/C10H14F2N2O2S/c1-7(13)4-5-14-17(15,16)10-3-2-8(11)6-9(10)12/h2-3,6-7,14H,4-5,13H2,1H3. The second kappa shape index (κ2) is 5.52. The van der Waals surface area contributed by atoms with Gasteiger partial charge in [0.2, 0.25) is 10.0 Å². The summed E-state index contributed by atoms with van der Waals surface area (Å²) in [6.07, 6.45) is 0.433. The molecule has 0 spiro atoms. The van der Waals surface area contributed by atoms with Gasteiger partial charge in [-0.15, -0.1) is 0 Å². The van der Waals surface area contributed by atoms with Crippen molar-refractivity contribution in [3.63, 3.8) is 0 Å². The van der Waals surface area contributed by atoms with E-state index in [2.05, 4.69) is 4.72 Å². The normalized spacial score (nSPS) is 13.6. The van der Waals surface area contributed by atoms with Gasteiger partial charge >= 0.3 is 0 Å². The molecule has 1 aromatic carbocycles. The zero-order chi connectivity index (χ0) is 13.1. The molecule has 0 amide bonds. The summed E-state index contributed by atoms with van der Waals surface area (Å²) in [7, 11) is -3.95. The molecule has 0 saturated carbocycles. The highest BCUT2D eigenvalue weighted by molar-refractivity contribution is 7.89. The molecule has 96 valence electrons. The predicted octanol–water partition coefficient (Wildman–Crippen LogP) is 0.980. The number of rotatable bonds is 5. The van der Waals surface area contributed by atoms with Gasteiger partial charge in [-0.05, 0) is 25.5 Å². The Labute approximate surface area is 98.9 Å². The maximum absolute atomic E-state index is 13.2. The summed E-state index contributed by atoms with van der Waals surface area (Å²) in [5, 5.41) is 0. The van der Waals surface area contributed by atoms with Gasteiger partial charge in [0.25, 0.3) is 0 Å². The number of sulfonamides is 1. The smallest absolute Gasteiger partial charge is 0.243 e. The first-order valence-corrected chi connectivity index (χ1v) is 6.51. The number of nitrogens with two attached hydrogens (primary N) is 1. The maximum Gasteiger partial charge on any atom is 0.243 e. The van der Waals surface area contributed by atoms with Gasteiger partial charge in [-0.25, -0.2) is 21.9 Å². The molecule has 0 saturated heterocycles. The molecule has 1 rings (SSSR count). The van der Waals surface area contributed by atoms with Crippen LogP contribution in [0.3, 0.4) is 0 Å². The first kappa shape index (κ1) is 14.0. The van der Waals surface area contributed by atoms with E-state index in [1.165, 1.54) is 0 Å². The molecule has 3 N–H and O–H groups in total. The molecule has 1 aromatic rings. The topological polar surface area (TPSA) is 72.2 Å². The zero-order valence-corrected chi connectivity index (χ0v) is 10.1. The molecule has 4 nitrogen and oxygen atoms in total. The molecule has 0 aliphatic carbocycles. The van der Waals surface area contributed by atoms with Crippen molar-refractivity contribution < 1.29 is 17.2 Å². The van der Waals surface area contributed by atoms with Gasteiger partial charge in [0.1, 0.15) is 16.5 Å². The monoisotopic (exact) mass is 264 g/mol. The molecular formula is C10H14F2N2O2S. The van der Waals surface area contributed by atoms with Crippen molar-refractivity contribution in [2.45, 2.75) is 24.3 Å². The summed E-state index contributed by atoms with van der Waals surface area (Å²) < 4.78 is 51.3. The van der Waals surface area contributed by atoms with Crippen LogP contribution in [-0.2, 0) is 10.0 Å². The Morgan fingerprint density at radius 3 is 2.59 bits per heavy atom. The number of benzene rings is 1. The quantitative estimate of drug-likeness (QED) is 0.832. The average molecular weight is 264 g/mol. The van der Waals surface area contributed by atoms with Crippen LogP contribution < -0.4 is 10.5 Å². The van der Waals surface area contributed by atoms with Gasteiger partial charge in [-0.2, -0.15) is 0 Å². The van der Waals surface area contributed by atoms with Crippen molar-refractivity contribution in [2.24, 2.45) is 5.73 Å². The molecule has 1 atom stereocenters. The Hall–Kier alpha value is -1.05. The van der Waals surface area contributed by atoms with E-state index in [1.807, 2.05) is 0 Å². The van der Waals surface area contributed by atoms with Crippen molar-refractivity contribution in [3.05, 3.63) is 29.8 Å². The van der Waals surface area contributed by atoms with Crippen LogP contribution in [0.5, 0.6) is 0 Å². The Bertz CT molecular complexity index is 489. The first-order valence-electron chi connectivity index (χ1n) is 5.03. The van der Waals surface area contributed by atoms with E-state index in [9.17, 15) is 17.2 Å². The fraction of sp³-hybridized carbons (Fsp3) is 0.400. The van der Waals surface area contributed by atoms with Gasteiger partial charge in [0, 0.05) is 18.7 Å². The SMILES string of the molecule is CC(N)CCNS(=O)(=O)c1ccc(F)cc1F. The third-order valence-electron chi connectivity index (χ3n) is 2.08. The van der Waals surface area contributed by atoms with Crippen LogP contribution in [0.25, 0.3) is 0 Å². The molecule has 0 heterocycles. The highest BCUT2D eigenvalue weighted by Gasteiger charge is 2.18. The van der Waals surface area contributed by atoms with E-state index in [-0.39, 0.29) is 12.6 Å². The van der Waals surface area contributed by atoms with Crippen molar-refractivity contribution in [2.75, 3.05) is 6.54 Å². The average Bonchev–Trinajstić information content (AvgIpc) is 2.15. The second-order valence-electron chi connectivity index (χ2n) is 3.74. The predicted molar refractivity (Wildman–Crippen MR) is 59.8 cm³/mol. The lowest BCUT2D eigenvalue weighted by molar-refractivity contribution is 0.540. The molecule has 0 aromatic heterocycles. The minimum atomic E-state index is -3.95. The van der Waals surface area contributed by atoms with Crippen LogP contribution >= 0.6 is 0 Å². The number of nitrogens with one attached hydrogen (secondary N) is 1. The fourth-order valence-corrected chi connectivity index (χ4v) is 2.30. The van der Waals surface area contributed by atoms with Crippen LogP contribution in [0.1, 0.15) is 13.3 Å². The van der Waals surface area contributed by atoms with E-state index in [4.69, 9.17) is 5.73 Å². The minimum absolute atomic E-state index is 0.108. The van der Waals surface area contributed by atoms with Crippen LogP contribution in [0.4, 0.5) is 8.78 Å². The summed E-state index contributed by atoms with van der Waals surface area (Å²) in [5.41, 5.74) is 5.45. The lowest BCUT2D eigenvalue weighted by atomic mass is 10.3. The highest BCUT2D eigenvalue weighted by atomic mass is 32.2. The van der Waals surface area contributed by atoms with Crippen molar-refractivity contribution in [1.82, 2.24) is 4.72 Å². The lowest BCUT2D eigenvalue weighted by Crippen LogP contribution is -2.29. The van der Waals surface area contributed by atoms with Gasteiger partial charge in [-0.1, -0.05) is 0 Å². The number of hydrogen-bond donors (Lipinski definition) is 2. The molecule has 7 heteroatoms. The van der Waals surface area contributed by atoms with Crippen LogP contribution in [-0.4, -0.2) is 21.0 Å². The second-order valence-corrected chi connectivity index (χ2v) is 5.47. The molecular weight excluding hydrogens is 250 g/mol. The number of halogens is 2. The van der Waals surface area contributed by atoms with Crippen LogP contribution in [0, 0.1) is 11.6 Å². The summed E-state index contributed by atoms with van der Waals surface area (Å²) >= 11 is 0. The third kappa shape index (κ3) is 4.03. The third-order valence-corrected chi connectivity index (χ3v) is 3.57. The summed E-state index contributed by atoms with van der Waals surface area (Å²) in [6.45, 7) is 1.84. The maximum atomic E-state index is 13.2. The fourth-order valence-electron chi connectivity index (χ4n) is 1.19. The Morgan fingerprint density at radius 2 is 2.06 bits per heavy atom. The van der Waals surface area contributed by atoms with E-state index in [0.717, 1.165) is 12.1 Å². The van der Waals surface area contributed by atoms with Crippen LogP contribution in [0.15, 0.2) is 23.1 Å². The Balaban J connectivity index is 2.83. The van der Waals surface area contributed by atoms with Gasteiger partial charge in [-0.3, -0.25) is 0 Å². The molecule has 17 heavy (non-hydrogen) atoms. The Kier molecular flexibility index (Phi) is 4.55.